The van der Waals surface area contributed by atoms with Gasteiger partial charge in [-0.15, -0.1) is 0 Å². The number of aromatic hydroxyl groups is 2. The zero-order valence-corrected chi connectivity index (χ0v) is 19.6. The molecule has 2 atom stereocenters. The Balaban J connectivity index is 0.000000263. The predicted molar refractivity (Wildman–Crippen MR) is 125 cm³/mol. The van der Waals surface area contributed by atoms with Crippen molar-refractivity contribution in [2.75, 3.05) is 0 Å². The summed E-state index contributed by atoms with van der Waals surface area (Å²) in [5.74, 6) is -2.01. The smallest absolute Gasteiger partial charge is 0.320 e. The van der Waals surface area contributed by atoms with Gasteiger partial charge >= 0.3 is 11.9 Å². The van der Waals surface area contributed by atoms with E-state index in [1.807, 2.05) is 0 Å². The minimum atomic E-state index is -1.02. The lowest BCUT2D eigenvalue weighted by atomic mass is 10.1. The molecule has 2 unspecified atom stereocenters. The van der Waals surface area contributed by atoms with E-state index in [0.29, 0.717) is 12.8 Å². The van der Waals surface area contributed by atoms with E-state index in [1.165, 1.54) is 24.3 Å². The summed E-state index contributed by atoms with van der Waals surface area (Å²) in [6, 6.07) is 10.8. The Hall–Kier alpha value is -3.48. The topological polar surface area (TPSA) is 204 Å². The number of carbonyl (C=O) groups is 4. The van der Waals surface area contributed by atoms with Crippen LogP contribution in [-0.4, -0.2) is 60.2 Å². The number of phenols is 2. The third-order valence-corrected chi connectivity index (χ3v) is 5.20. The van der Waals surface area contributed by atoms with Crippen LogP contribution in [0.4, 0.5) is 0 Å². The number of imide groups is 1. The third kappa shape index (κ3) is 10.4. The van der Waals surface area contributed by atoms with Crippen molar-refractivity contribution in [3.63, 3.8) is 0 Å². The van der Waals surface area contributed by atoms with Gasteiger partial charge in [0.1, 0.15) is 23.6 Å². The zero-order valence-electron chi connectivity index (χ0n) is 18.0. The Kier molecular flexibility index (Phi) is 11.7. The van der Waals surface area contributed by atoms with Crippen molar-refractivity contribution in [1.29, 1.82) is 0 Å². The molecule has 2 aromatic carbocycles. The van der Waals surface area contributed by atoms with E-state index in [4.69, 9.17) is 31.9 Å². The summed E-state index contributed by atoms with van der Waals surface area (Å²) >= 11 is 2.80. The minimum Gasteiger partial charge on any atom is -0.508 e. The van der Waals surface area contributed by atoms with E-state index in [0.717, 1.165) is 15.1 Å². The molecule has 3 rings (SSSR count). The van der Waals surface area contributed by atoms with Gasteiger partial charge in [-0.3, -0.25) is 19.2 Å². The largest absolute Gasteiger partial charge is 0.508 e. The van der Waals surface area contributed by atoms with Crippen LogP contribution in [0.2, 0.25) is 0 Å². The van der Waals surface area contributed by atoms with Gasteiger partial charge in [-0.25, -0.2) is 3.93 Å². The molecule has 0 bridgehead atoms. The Bertz CT molecular complexity index is 903. The van der Waals surface area contributed by atoms with E-state index in [2.05, 4.69) is 16.1 Å². The SMILES string of the molecule is NC(Cc1ccc(O)cc1)C(=O)O.NC(Cc1ccc(O)cc1)C(=O)O.O=C1CCC(=O)N1Br. The second kappa shape index (κ2) is 13.9. The lowest BCUT2D eigenvalue weighted by Gasteiger charge is -2.05. The van der Waals surface area contributed by atoms with E-state index in [9.17, 15) is 19.2 Å². The van der Waals surface area contributed by atoms with Gasteiger partial charge in [-0.05, 0) is 48.2 Å². The van der Waals surface area contributed by atoms with E-state index < -0.39 is 24.0 Å². The van der Waals surface area contributed by atoms with Crippen LogP contribution in [0.25, 0.3) is 0 Å². The van der Waals surface area contributed by atoms with Gasteiger partial charge in [0.15, 0.2) is 0 Å². The van der Waals surface area contributed by atoms with Crippen LogP contribution in [0.1, 0.15) is 24.0 Å². The van der Waals surface area contributed by atoms with Crippen LogP contribution >= 0.6 is 16.1 Å². The highest BCUT2D eigenvalue weighted by Crippen LogP contribution is 2.14. The van der Waals surface area contributed by atoms with Crippen LogP contribution in [0.3, 0.4) is 0 Å². The maximum absolute atomic E-state index is 10.4. The molecule has 184 valence electrons. The molecule has 1 heterocycles. The number of amides is 2. The first-order chi connectivity index (χ1) is 15.9. The Morgan fingerprint density at radius 1 is 0.765 bits per heavy atom. The summed E-state index contributed by atoms with van der Waals surface area (Å²) in [5, 5.41) is 35.0. The number of carbonyl (C=O) groups excluding carboxylic acids is 2. The maximum atomic E-state index is 10.4. The molecule has 11 nitrogen and oxygen atoms in total. The van der Waals surface area contributed by atoms with Crippen molar-refractivity contribution in [1.82, 2.24) is 3.93 Å². The number of rotatable bonds is 6. The molecule has 8 N–H and O–H groups in total. The quantitative estimate of drug-likeness (QED) is 0.228. The number of phenolic OH excluding ortho intramolecular Hbond substituents is 2. The van der Waals surface area contributed by atoms with Crippen LogP contribution < -0.4 is 11.5 Å². The zero-order chi connectivity index (χ0) is 25.8. The first-order valence-corrected chi connectivity index (χ1v) is 10.7. The standard InChI is InChI=1S/2C9H11NO3.C4H4BrNO2/c2*10-8(9(12)13)5-6-1-3-7(11)4-2-6;5-6-3(7)1-2-4(6)8/h2*1-4,8,11H,5,10H2,(H,12,13);1-2H2. The normalized spacial score (nSPS) is 14.3. The Morgan fingerprint density at radius 2 is 1.06 bits per heavy atom. The number of benzene rings is 2. The number of carboxylic acids is 2. The van der Waals surface area contributed by atoms with Gasteiger partial charge in [0.05, 0.1) is 16.1 Å². The van der Waals surface area contributed by atoms with E-state index in [1.54, 1.807) is 24.3 Å². The molecule has 1 aliphatic rings. The fraction of sp³-hybridized carbons (Fsp3) is 0.273. The van der Waals surface area contributed by atoms with Gasteiger partial charge in [-0.2, -0.15) is 0 Å². The second-order valence-electron chi connectivity index (χ2n) is 7.20. The first kappa shape index (κ1) is 28.6. The molecular weight excluding hydrogens is 514 g/mol. The van der Waals surface area contributed by atoms with Crippen molar-refractivity contribution >= 4 is 39.9 Å². The van der Waals surface area contributed by atoms with Crippen molar-refractivity contribution in [3.8, 4) is 11.5 Å². The lowest BCUT2D eigenvalue weighted by molar-refractivity contribution is -0.139. The number of aliphatic carboxylic acids is 2. The van der Waals surface area contributed by atoms with Gasteiger partial charge in [0, 0.05) is 12.8 Å². The highest BCUT2D eigenvalue weighted by molar-refractivity contribution is 9.08. The second-order valence-corrected chi connectivity index (χ2v) is 7.91. The molecule has 0 saturated carbocycles. The van der Waals surface area contributed by atoms with Crippen molar-refractivity contribution in [2.24, 2.45) is 11.5 Å². The Morgan fingerprint density at radius 3 is 1.26 bits per heavy atom. The molecule has 2 amide bonds. The highest BCUT2D eigenvalue weighted by atomic mass is 79.9. The van der Waals surface area contributed by atoms with Crippen LogP contribution in [-0.2, 0) is 32.0 Å². The van der Waals surface area contributed by atoms with Crippen molar-refractivity contribution < 1.29 is 39.6 Å². The van der Waals surface area contributed by atoms with Gasteiger partial charge < -0.3 is 31.9 Å². The lowest BCUT2D eigenvalue weighted by Crippen LogP contribution is -2.32. The monoisotopic (exact) mass is 539 g/mol. The fourth-order valence-electron chi connectivity index (χ4n) is 2.50. The van der Waals surface area contributed by atoms with Crippen molar-refractivity contribution in [3.05, 3.63) is 59.7 Å². The van der Waals surface area contributed by atoms with Gasteiger partial charge in [0.25, 0.3) is 0 Å². The molecule has 0 aromatic heterocycles. The molecule has 2 aromatic rings. The molecule has 12 heteroatoms. The fourth-order valence-corrected chi connectivity index (χ4v) is 2.85. The van der Waals surface area contributed by atoms with Crippen LogP contribution in [0, 0.1) is 0 Å². The van der Waals surface area contributed by atoms with Crippen LogP contribution in [0.15, 0.2) is 48.5 Å². The summed E-state index contributed by atoms with van der Waals surface area (Å²) in [6.45, 7) is 0. The predicted octanol–water partition coefficient (Wildman–Crippen LogP) is 1.14. The number of halogens is 1. The van der Waals surface area contributed by atoms with Gasteiger partial charge in [-0.1, -0.05) is 24.3 Å². The van der Waals surface area contributed by atoms with Crippen LogP contribution in [0.5, 0.6) is 11.5 Å². The number of nitrogens with two attached hydrogens (primary N) is 2. The molecule has 1 fully saturated rings. The highest BCUT2D eigenvalue weighted by Gasteiger charge is 2.26. The third-order valence-electron chi connectivity index (χ3n) is 4.41. The van der Waals surface area contributed by atoms with E-state index in [-0.39, 0.29) is 36.2 Å². The first-order valence-electron chi connectivity index (χ1n) is 9.94. The molecule has 0 radical (unpaired) electrons. The molecule has 1 saturated heterocycles. The summed E-state index contributed by atoms with van der Waals surface area (Å²) in [4.78, 5) is 41.7. The number of hydrogen-bond acceptors (Lipinski definition) is 8. The average Bonchev–Trinajstić information content (AvgIpc) is 3.08. The minimum absolute atomic E-state index is 0.144. The summed E-state index contributed by atoms with van der Waals surface area (Å²) < 4.78 is 0.979. The summed E-state index contributed by atoms with van der Waals surface area (Å²) in [5.41, 5.74) is 12.2. The summed E-state index contributed by atoms with van der Waals surface area (Å²) in [7, 11) is 0. The molecular formula is C22H26BrN3O8. The molecule has 0 spiro atoms. The maximum Gasteiger partial charge on any atom is 0.320 e. The number of nitrogens with zero attached hydrogens (tertiary/aromatic N) is 1. The molecule has 0 aliphatic carbocycles. The molecule has 34 heavy (non-hydrogen) atoms. The number of hydrogen-bond donors (Lipinski definition) is 6. The number of carboxylic acid groups (broad SMARTS) is 2. The average molecular weight is 540 g/mol. The van der Waals surface area contributed by atoms with E-state index >= 15 is 0 Å². The Labute approximate surface area is 203 Å². The molecule has 1 aliphatic heterocycles. The van der Waals surface area contributed by atoms with Gasteiger partial charge in [0.2, 0.25) is 11.8 Å². The summed E-state index contributed by atoms with van der Waals surface area (Å²) in [6.07, 6.45) is 1.25. The van der Waals surface area contributed by atoms with Crippen molar-refractivity contribution in [2.45, 2.75) is 37.8 Å².